The molecule has 1 nitrogen and oxygen atoms in total. The van der Waals surface area contributed by atoms with E-state index in [9.17, 15) is 4.39 Å². The molecule has 0 spiro atoms. The number of thiophene rings is 1. The highest BCUT2D eigenvalue weighted by Crippen LogP contribution is 2.34. The van der Waals surface area contributed by atoms with Crippen molar-refractivity contribution in [2.45, 2.75) is 39.7 Å². The summed E-state index contributed by atoms with van der Waals surface area (Å²) >= 11 is 1.69. The maximum atomic E-state index is 14.0. The van der Waals surface area contributed by atoms with E-state index >= 15 is 0 Å². The van der Waals surface area contributed by atoms with Crippen molar-refractivity contribution in [1.82, 2.24) is 5.32 Å². The summed E-state index contributed by atoms with van der Waals surface area (Å²) in [6, 6.07) is 9.97. The summed E-state index contributed by atoms with van der Waals surface area (Å²) in [5.74, 6) is -0.132. The van der Waals surface area contributed by atoms with Crippen LogP contribution in [0.25, 0.3) is 10.4 Å². The van der Waals surface area contributed by atoms with Gasteiger partial charge in [0.1, 0.15) is 5.82 Å². The molecule has 108 valence electrons. The zero-order chi connectivity index (χ0) is 14.5. The van der Waals surface area contributed by atoms with Crippen LogP contribution in [-0.4, -0.2) is 6.54 Å². The van der Waals surface area contributed by atoms with E-state index in [1.165, 1.54) is 4.88 Å². The average Bonchev–Trinajstić information content (AvgIpc) is 2.89. The van der Waals surface area contributed by atoms with E-state index in [2.05, 4.69) is 25.2 Å². The lowest BCUT2D eigenvalue weighted by atomic mass is 10.1. The van der Waals surface area contributed by atoms with E-state index in [1.54, 1.807) is 17.4 Å². The van der Waals surface area contributed by atoms with Gasteiger partial charge in [-0.3, -0.25) is 0 Å². The van der Waals surface area contributed by atoms with Gasteiger partial charge in [0.2, 0.25) is 0 Å². The van der Waals surface area contributed by atoms with E-state index in [-0.39, 0.29) is 5.82 Å². The SMILES string of the molecule is CCCNC(CC)c1ccc(-c2ccc(C)cc2F)s1. The zero-order valence-corrected chi connectivity index (χ0v) is 13.2. The monoisotopic (exact) mass is 291 g/mol. The van der Waals surface area contributed by atoms with Gasteiger partial charge in [0.15, 0.2) is 0 Å². The van der Waals surface area contributed by atoms with Crippen LogP contribution in [0.2, 0.25) is 0 Å². The molecule has 0 radical (unpaired) electrons. The Balaban J connectivity index is 2.23. The third-order valence-corrected chi connectivity index (χ3v) is 4.64. The summed E-state index contributed by atoms with van der Waals surface area (Å²) in [4.78, 5) is 2.30. The normalized spacial score (nSPS) is 12.6. The Morgan fingerprint density at radius 1 is 1.20 bits per heavy atom. The predicted molar refractivity (Wildman–Crippen MR) is 85.8 cm³/mol. The van der Waals surface area contributed by atoms with Crippen LogP contribution in [0.4, 0.5) is 4.39 Å². The first-order valence-corrected chi connectivity index (χ1v) is 8.07. The molecule has 1 aromatic carbocycles. The molecule has 0 saturated heterocycles. The Bertz CT molecular complexity index is 562. The van der Waals surface area contributed by atoms with Crippen LogP contribution in [0.3, 0.4) is 0 Å². The van der Waals surface area contributed by atoms with E-state index in [4.69, 9.17) is 0 Å². The summed E-state index contributed by atoms with van der Waals surface area (Å²) in [5.41, 5.74) is 1.66. The van der Waals surface area contributed by atoms with Crippen LogP contribution in [0.1, 0.15) is 43.2 Å². The molecular weight excluding hydrogens is 269 g/mol. The fourth-order valence-electron chi connectivity index (χ4n) is 2.27. The van der Waals surface area contributed by atoms with Gasteiger partial charge in [0, 0.05) is 21.4 Å². The molecule has 20 heavy (non-hydrogen) atoms. The number of benzene rings is 1. The first kappa shape index (κ1) is 15.2. The van der Waals surface area contributed by atoms with Crippen molar-refractivity contribution in [3.05, 3.63) is 46.6 Å². The molecule has 1 atom stereocenters. The molecule has 1 N–H and O–H groups in total. The number of aryl methyl sites for hydroxylation is 1. The van der Waals surface area contributed by atoms with Crippen LogP contribution < -0.4 is 5.32 Å². The maximum absolute atomic E-state index is 14.0. The third kappa shape index (κ3) is 3.47. The largest absolute Gasteiger partial charge is 0.309 e. The molecule has 0 saturated carbocycles. The summed E-state index contributed by atoms with van der Waals surface area (Å²) < 4.78 is 14.0. The fourth-order valence-corrected chi connectivity index (χ4v) is 3.46. The van der Waals surface area contributed by atoms with Crippen molar-refractivity contribution in [2.75, 3.05) is 6.54 Å². The van der Waals surface area contributed by atoms with Crippen molar-refractivity contribution in [1.29, 1.82) is 0 Å². The van der Waals surface area contributed by atoms with Crippen LogP contribution in [0, 0.1) is 12.7 Å². The van der Waals surface area contributed by atoms with Gasteiger partial charge in [-0.2, -0.15) is 0 Å². The number of nitrogens with one attached hydrogen (secondary N) is 1. The fraction of sp³-hybridized carbons (Fsp3) is 0.412. The molecule has 2 aromatic rings. The van der Waals surface area contributed by atoms with Crippen molar-refractivity contribution in [3.8, 4) is 10.4 Å². The Morgan fingerprint density at radius 2 is 2.00 bits per heavy atom. The lowest BCUT2D eigenvalue weighted by molar-refractivity contribution is 0.525. The number of hydrogen-bond acceptors (Lipinski definition) is 2. The second-order valence-corrected chi connectivity index (χ2v) is 6.22. The molecule has 0 bridgehead atoms. The van der Waals surface area contributed by atoms with Crippen molar-refractivity contribution in [2.24, 2.45) is 0 Å². The summed E-state index contributed by atoms with van der Waals surface area (Å²) in [7, 11) is 0. The Kier molecular flexibility index (Phi) is 5.32. The van der Waals surface area contributed by atoms with Crippen LogP contribution in [0.15, 0.2) is 30.3 Å². The smallest absolute Gasteiger partial charge is 0.132 e. The predicted octanol–water partition coefficient (Wildman–Crippen LogP) is 5.31. The molecule has 0 aliphatic heterocycles. The quantitative estimate of drug-likeness (QED) is 0.760. The minimum Gasteiger partial charge on any atom is -0.309 e. The molecule has 1 aromatic heterocycles. The van der Waals surface area contributed by atoms with E-state index in [1.807, 2.05) is 25.1 Å². The van der Waals surface area contributed by atoms with Crippen molar-refractivity contribution < 1.29 is 4.39 Å². The Labute approximate surface area is 124 Å². The van der Waals surface area contributed by atoms with E-state index < -0.39 is 0 Å². The average molecular weight is 291 g/mol. The first-order valence-electron chi connectivity index (χ1n) is 7.25. The van der Waals surface area contributed by atoms with Gasteiger partial charge in [0.05, 0.1) is 0 Å². The van der Waals surface area contributed by atoms with E-state index in [0.29, 0.717) is 11.6 Å². The molecule has 1 unspecified atom stereocenters. The highest BCUT2D eigenvalue weighted by molar-refractivity contribution is 7.15. The summed E-state index contributed by atoms with van der Waals surface area (Å²) in [6.07, 6.45) is 2.18. The van der Waals surface area contributed by atoms with Gasteiger partial charge in [-0.1, -0.05) is 26.0 Å². The molecule has 0 aliphatic rings. The molecule has 1 heterocycles. The van der Waals surface area contributed by atoms with Gasteiger partial charge in [-0.15, -0.1) is 11.3 Å². The minimum atomic E-state index is -0.132. The number of halogens is 1. The summed E-state index contributed by atoms with van der Waals surface area (Å²) in [5, 5.41) is 3.54. The lowest BCUT2D eigenvalue weighted by Gasteiger charge is -2.14. The Hall–Kier alpha value is -1.19. The summed E-state index contributed by atoms with van der Waals surface area (Å²) in [6.45, 7) is 7.28. The van der Waals surface area contributed by atoms with Crippen molar-refractivity contribution >= 4 is 11.3 Å². The second kappa shape index (κ2) is 7.00. The first-order chi connectivity index (χ1) is 9.65. The topological polar surface area (TPSA) is 12.0 Å². The van der Waals surface area contributed by atoms with Gasteiger partial charge in [-0.25, -0.2) is 4.39 Å². The molecule has 0 fully saturated rings. The van der Waals surface area contributed by atoms with Crippen molar-refractivity contribution in [3.63, 3.8) is 0 Å². The Morgan fingerprint density at radius 3 is 2.65 bits per heavy atom. The maximum Gasteiger partial charge on any atom is 0.132 e. The van der Waals surface area contributed by atoms with E-state index in [0.717, 1.165) is 29.8 Å². The minimum absolute atomic E-state index is 0.132. The molecule has 3 heteroatoms. The molecule has 0 amide bonds. The van der Waals surface area contributed by atoms with Crippen LogP contribution in [0.5, 0.6) is 0 Å². The third-order valence-electron chi connectivity index (χ3n) is 3.41. The lowest BCUT2D eigenvalue weighted by Crippen LogP contribution is -2.20. The number of hydrogen-bond donors (Lipinski definition) is 1. The number of rotatable bonds is 6. The molecular formula is C17H22FNS. The van der Waals surface area contributed by atoms with Crippen LogP contribution in [-0.2, 0) is 0 Å². The van der Waals surface area contributed by atoms with Crippen LogP contribution >= 0.6 is 11.3 Å². The zero-order valence-electron chi connectivity index (χ0n) is 12.4. The van der Waals surface area contributed by atoms with Gasteiger partial charge >= 0.3 is 0 Å². The standard InChI is InChI=1S/C17H22FNS/c1-4-10-19-15(5-2)17-9-8-16(20-17)13-7-6-12(3)11-14(13)18/h6-9,11,15,19H,4-5,10H2,1-3H3. The molecule has 0 aliphatic carbocycles. The van der Waals surface area contributed by atoms with Gasteiger partial charge in [0.25, 0.3) is 0 Å². The highest BCUT2D eigenvalue weighted by Gasteiger charge is 2.13. The molecule has 2 rings (SSSR count). The van der Waals surface area contributed by atoms with Gasteiger partial charge < -0.3 is 5.32 Å². The van der Waals surface area contributed by atoms with Gasteiger partial charge in [-0.05, 0) is 50.1 Å². The highest BCUT2D eigenvalue weighted by atomic mass is 32.1. The second-order valence-electron chi connectivity index (χ2n) is 5.10.